The minimum Gasteiger partial charge on any atom is -0.482 e. The van der Waals surface area contributed by atoms with Crippen molar-refractivity contribution in [2.75, 3.05) is 6.61 Å². The average molecular weight is 385 g/mol. The SMILES string of the molecule is CC(=O)CCc1ccc(OCC(=O)OC(C)c2ccc(C)c([N+](=O)[O-])c2)cc1. The van der Waals surface area contributed by atoms with Crippen molar-refractivity contribution in [3.63, 3.8) is 0 Å². The molecule has 148 valence electrons. The lowest BCUT2D eigenvalue weighted by Gasteiger charge is -2.14. The Morgan fingerprint density at radius 2 is 1.82 bits per heavy atom. The van der Waals surface area contributed by atoms with Crippen LogP contribution in [0.1, 0.15) is 43.1 Å². The molecule has 0 saturated carbocycles. The largest absolute Gasteiger partial charge is 0.482 e. The quantitative estimate of drug-likeness (QED) is 0.366. The van der Waals surface area contributed by atoms with Gasteiger partial charge in [0.2, 0.25) is 0 Å². The highest BCUT2D eigenvalue weighted by Gasteiger charge is 2.17. The number of benzene rings is 2. The summed E-state index contributed by atoms with van der Waals surface area (Å²) >= 11 is 0. The number of carbonyl (C=O) groups is 2. The summed E-state index contributed by atoms with van der Waals surface area (Å²) in [6.07, 6.45) is 0.517. The normalized spacial score (nSPS) is 11.5. The molecule has 0 N–H and O–H groups in total. The fourth-order valence-electron chi connectivity index (χ4n) is 2.59. The van der Waals surface area contributed by atoms with E-state index in [2.05, 4.69) is 0 Å². The van der Waals surface area contributed by atoms with E-state index in [0.717, 1.165) is 5.56 Å². The molecular weight excluding hydrogens is 362 g/mol. The van der Waals surface area contributed by atoms with Gasteiger partial charge in [-0.2, -0.15) is 0 Å². The number of ether oxygens (including phenoxy) is 2. The van der Waals surface area contributed by atoms with Crippen molar-refractivity contribution in [3.05, 3.63) is 69.3 Å². The van der Waals surface area contributed by atoms with Crippen LogP contribution in [0.4, 0.5) is 5.69 Å². The van der Waals surface area contributed by atoms with E-state index >= 15 is 0 Å². The van der Waals surface area contributed by atoms with Crippen molar-refractivity contribution in [2.45, 2.75) is 39.7 Å². The molecule has 0 heterocycles. The second-order valence-electron chi connectivity index (χ2n) is 6.57. The Hall–Kier alpha value is -3.22. The molecule has 7 heteroatoms. The smallest absolute Gasteiger partial charge is 0.344 e. The van der Waals surface area contributed by atoms with E-state index in [1.165, 1.54) is 6.07 Å². The molecule has 0 fully saturated rings. The van der Waals surface area contributed by atoms with E-state index in [-0.39, 0.29) is 18.1 Å². The van der Waals surface area contributed by atoms with E-state index in [4.69, 9.17) is 9.47 Å². The molecule has 0 bridgehead atoms. The van der Waals surface area contributed by atoms with Crippen LogP contribution in [-0.4, -0.2) is 23.3 Å². The first-order valence-electron chi connectivity index (χ1n) is 8.92. The second-order valence-corrected chi connectivity index (χ2v) is 6.57. The lowest BCUT2D eigenvalue weighted by Crippen LogP contribution is -2.17. The highest BCUT2D eigenvalue weighted by atomic mass is 16.6. The zero-order valence-corrected chi connectivity index (χ0v) is 16.1. The summed E-state index contributed by atoms with van der Waals surface area (Å²) in [7, 11) is 0. The van der Waals surface area contributed by atoms with Crippen molar-refractivity contribution in [3.8, 4) is 5.75 Å². The molecule has 28 heavy (non-hydrogen) atoms. The zero-order valence-electron chi connectivity index (χ0n) is 16.1. The fourth-order valence-corrected chi connectivity index (χ4v) is 2.59. The number of ketones is 1. The van der Waals surface area contributed by atoms with Crippen LogP contribution < -0.4 is 4.74 Å². The zero-order chi connectivity index (χ0) is 20.7. The highest BCUT2D eigenvalue weighted by molar-refractivity contribution is 5.75. The van der Waals surface area contributed by atoms with Crippen molar-refractivity contribution in [1.82, 2.24) is 0 Å². The number of rotatable bonds is 9. The van der Waals surface area contributed by atoms with Gasteiger partial charge < -0.3 is 14.3 Å². The number of hydrogen-bond acceptors (Lipinski definition) is 6. The van der Waals surface area contributed by atoms with Gasteiger partial charge in [-0.25, -0.2) is 4.79 Å². The number of nitrogens with zero attached hydrogens (tertiary/aromatic N) is 1. The Balaban J connectivity index is 1.87. The molecule has 0 aliphatic carbocycles. The summed E-state index contributed by atoms with van der Waals surface area (Å²) in [5, 5.41) is 11.0. The lowest BCUT2D eigenvalue weighted by atomic mass is 10.1. The van der Waals surface area contributed by atoms with Crippen LogP contribution in [-0.2, 0) is 20.7 Å². The summed E-state index contributed by atoms with van der Waals surface area (Å²) in [4.78, 5) is 33.6. The predicted molar refractivity (Wildman–Crippen MR) is 103 cm³/mol. The molecular formula is C21H23NO6. The maximum absolute atomic E-state index is 12.0. The second kappa shape index (κ2) is 9.64. The molecule has 0 amide bonds. The van der Waals surface area contributed by atoms with Crippen molar-refractivity contribution in [2.24, 2.45) is 0 Å². The Labute approximate surface area is 163 Å². The first-order chi connectivity index (χ1) is 13.3. The molecule has 0 aliphatic rings. The molecule has 2 aromatic rings. The number of hydrogen-bond donors (Lipinski definition) is 0. The van der Waals surface area contributed by atoms with E-state index in [1.807, 2.05) is 12.1 Å². The molecule has 1 atom stereocenters. The fraction of sp³-hybridized carbons (Fsp3) is 0.333. The van der Waals surface area contributed by atoms with Crippen LogP contribution in [0.3, 0.4) is 0 Å². The third kappa shape index (κ3) is 6.19. The standard InChI is InChI=1S/C21H23NO6/c1-14-4-9-18(12-20(14)22(25)26)16(3)28-21(24)13-27-19-10-7-17(8-11-19)6-5-15(2)23/h4,7-12,16H,5-6,13H2,1-3H3. The van der Waals surface area contributed by atoms with E-state index < -0.39 is 17.0 Å². The number of nitro benzene ring substituents is 1. The average Bonchev–Trinajstić information content (AvgIpc) is 2.65. The van der Waals surface area contributed by atoms with Crippen molar-refractivity contribution >= 4 is 17.4 Å². The van der Waals surface area contributed by atoms with Gasteiger partial charge in [-0.15, -0.1) is 0 Å². The van der Waals surface area contributed by atoms with Crippen LogP contribution >= 0.6 is 0 Å². The lowest BCUT2D eigenvalue weighted by molar-refractivity contribution is -0.385. The third-order valence-electron chi connectivity index (χ3n) is 4.25. The minimum absolute atomic E-state index is 0.0125. The molecule has 0 aromatic heterocycles. The summed E-state index contributed by atoms with van der Waals surface area (Å²) in [6, 6.07) is 11.9. The Morgan fingerprint density at radius 1 is 1.14 bits per heavy atom. The number of aryl methyl sites for hydroxylation is 2. The monoisotopic (exact) mass is 385 g/mol. The van der Waals surface area contributed by atoms with Gasteiger partial charge in [0.1, 0.15) is 17.6 Å². The van der Waals surface area contributed by atoms with Gasteiger partial charge in [0.05, 0.1) is 4.92 Å². The van der Waals surface area contributed by atoms with E-state index in [1.54, 1.807) is 45.0 Å². The number of nitro groups is 1. The van der Waals surface area contributed by atoms with E-state index in [9.17, 15) is 19.7 Å². The van der Waals surface area contributed by atoms with Crippen molar-refractivity contribution in [1.29, 1.82) is 0 Å². The highest BCUT2D eigenvalue weighted by Crippen LogP contribution is 2.25. The number of carbonyl (C=O) groups excluding carboxylic acids is 2. The van der Waals surface area contributed by atoms with Crippen molar-refractivity contribution < 1.29 is 24.0 Å². The van der Waals surface area contributed by atoms with Gasteiger partial charge >= 0.3 is 5.97 Å². The van der Waals surface area contributed by atoms with Gasteiger partial charge in [0.25, 0.3) is 5.69 Å². The van der Waals surface area contributed by atoms with Gasteiger partial charge in [0, 0.05) is 18.1 Å². The molecule has 2 aromatic carbocycles. The van der Waals surface area contributed by atoms with Gasteiger partial charge in [0.15, 0.2) is 6.61 Å². The first kappa shape index (κ1) is 21.1. The molecule has 1 unspecified atom stereocenters. The van der Waals surface area contributed by atoms with Gasteiger partial charge in [-0.1, -0.05) is 24.3 Å². The first-order valence-corrected chi connectivity index (χ1v) is 8.92. The Morgan fingerprint density at radius 3 is 2.43 bits per heavy atom. The number of Topliss-reactive ketones (excluding diaryl/α,β-unsaturated/α-hetero) is 1. The molecule has 0 aliphatic heterocycles. The Bertz CT molecular complexity index is 860. The summed E-state index contributed by atoms with van der Waals surface area (Å²) in [6.45, 7) is 4.58. The topological polar surface area (TPSA) is 95.7 Å². The number of esters is 1. The van der Waals surface area contributed by atoms with E-state index in [0.29, 0.717) is 29.7 Å². The van der Waals surface area contributed by atoms with Crippen LogP contribution in [0.25, 0.3) is 0 Å². The van der Waals surface area contributed by atoms with Crippen LogP contribution in [0.15, 0.2) is 42.5 Å². The molecule has 0 radical (unpaired) electrons. The third-order valence-corrected chi connectivity index (χ3v) is 4.25. The predicted octanol–water partition coefficient (Wildman–Crippen LogP) is 4.11. The van der Waals surface area contributed by atoms with Crippen LogP contribution in [0.5, 0.6) is 5.75 Å². The molecule has 2 rings (SSSR count). The summed E-state index contributed by atoms with van der Waals surface area (Å²) in [5.41, 5.74) is 2.09. The summed E-state index contributed by atoms with van der Waals surface area (Å²) in [5.74, 6) is 0.0784. The maximum atomic E-state index is 12.0. The Kier molecular flexibility index (Phi) is 7.26. The maximum Gasteiger partial charge on any atom is 0.344 e. The summed E-state index contributed by atoms with van der Waals surface area (Å²) < 4.78 is 10.7. The van der Waals surface area contributed by atoms with Crippen LogP contribution in [0, 0.1) is 17.0 Å². The molecule has 0 spiro atoms. The minimum atomic E-state index is -0.635. The van der Waals surface area contributed by atoms with Gasteiger partial charge in [-0.05, 0) is 50.5 Å². The van der Waals surface area contributed by atoms with Gasteiger partial charge in [-0.3, -0.25) is 10.1 Å². The van der Waals surface area contributed by atoms with Crippen LogP contribution in [0.2, 0.25) is 0 Å². The molecule has 0 saturated heterocycles. The molecule has 7 nitrogen and oxygen atoms in total.